The Morgan fingerprint density at radius 3 is 2.48 bits per heavy atom. The van der Waals surface area contributed by atoms with Gasteiger partial charge in [0, 0.05) is 18.3 Å². The van der Waals surface area contributed by atoms with E-state index in [1.807, 2.05) is 13.8 Å². The number of carbonyl (C=O) groups is 2. The number of para-hydroxylation sites is 1. The lowest BCUT2D eigenvalue weighted by Gasteiger charge is -2.20. The lowest BCUT2D eigenvalue weighted by molar-refractivity contribution is -0.142. The highest BCUT2D eigenvalue weighted by Gasteiger charge is 2.27. The number of carboxylic acid groups (broad SMARTS) is 2. The van der Waals surface area contributed by atoms with Gasteiger partial charge in [-0.3, -0.25) is 9.59 Å². The average molecular weight is 375 g/mol. The van der Waals surface area contributed by atoms with Crippen molar-refractivity contribution < 1.29 is 24.9 Å². The Morgan fingerprint density at radius 2 is 1.89 bits per heavy atom. The van der Waals surface area contributed by atoms with Gasteiger partial charge in [0.1, 0.15) is 17.7 Å². The van der Waals surface area contributed by atoms with Crippen LogP contribution in [-0.2, 0) is 16.1 Å². The Hall–Kier alpha value is -2.87. The largest absolute Gasteiger partial charge is 0.508 e. The molecule has 0 saturated carbocycles. The number of hydrogen-bond donors (Lipinski definition) is 4. The first-order valence-corrected chi connectivity index (χ1v) is 8.75. The molecule has 0 spiro atoms. The zero-order chi connectivity index (χ0) is 20.0. The van der Waals surface area contributed by atoms with Gasteiger partial charge in [0.15, 0.2) is 0 Å². The predicted molar refractivity (Wildman–Crippen MR) is 98.7 cm³/mol. The van der Waals surface area contributed by atoms with E-state index in [2.05, 4.69) is 10.3 Å². The van der Waals surface area contributed by atoms with Crippen LogP contribution in [0.15, 0.2) is 36.8 Å². The summed E-state index contributed by atoms with van der Waals surface area (Å²) in [5.74, 6) is -2.77. The van der Waals surface area contributed by atoms with E-state index in [1.165, 1.54) is 12.5 Å². The van der Waals surface area contributed by atoms with Gasteiger partial charge in [-0.2, -0.15) is 0 Å². The number of phenols is 1. The second-order valence-electron chi connectivity index (χ2n) is 6.89. The lowest BCUT2D eigenvalue weighted by atomic mass is 10.0. The minimum Gasteiger partial charge on any atom is -0.508 e. The summed E-state index contributed by atoms with van der Waals surface area (Å²) in [6, 6.07) is 5.98. The molecule has 0 saturated heterocycles. The summed E-state index contributed by atoms with van der Waals surface area (Å²) in [5, 5.41) is 31.8. The van der Waals surface area contributed by atoms with Crippen molar-refractivity contribution >= 4 is 11.9 Å². The molecular formula is C19H25N3O5. The normalized spacial score (nSPS) is 13.4. The van der Waals surface area contributed by atoms with Gasteiger partial charge in [0.2, 0.25) is 0 Å². The van der Waals surface area contributed by atoms with Crippen molar-refractivity contribution in [1.82, 2.24) is 14.9 Å². The first-order chi connectivity index (χ1) is 12.8. The molecule has 2 rings (SSSR count). The van der Waals surface area contributed by atoms with Crippen molar-refractivity contribution in [3.05, 3.63) is 48.0 Å². The molecule has 146 valence electrons. The van der Waals surface area contributed by atoms with Crippen molar-refractivity contribution in [2.45, 2.75) is 38.8 Å². The molecule has 1 aromatic carbocycles. The molecule has 1 aromatic heterocycles. The van der Waals surface area contributed by atoms with Crippen LogP contribution in [0.4, 0.5) is 0 Å². The zero-order valence-electron chi connectivity index (χ0n) is 15.4. The summed E-state index contributed by atoms with van der Waals surface area (Å²) < 4.78 is 1.65. The first kappa shape index (κ1) is 20.4. The summed E-state index contributed by atoms with van der Waals surface area (Å²) in [5.41, 5.74) is 1.07. The number of benzene rings is 1. The minimum absolute atomic E-state index is 0.0362. The van der Waals surface area contributed by atoms with Gasteiger partial charge in [-0.05, 0) is 18.4 Å². The number of carboxylic acids is 2. The third-order valence-electron chi connectivity index (χ3n) is 4.31. The maximum atomic E-state index is 11.8. The fourth-order valence-corrected chi connectivity index (χ4v) is 2.90. The van der Waals surface area contributed by atoms with Gasteiger partial charge in [0.25, 0.3) is 0 Å². The van der Waals surface area contributed by atoms with Gasteiger partial charge in [-0.25, -0.2) is 4.98 Å². The molecule has 0 amide bonds. The molecule has 2 unspecified atom stereocenters. The van der Waals surface area contributed by atoms with E-state index in [9.17, 15) is 24.9 Å². The number of nitrogens with zero attached hydrogens (tertiary/aromatic N) is 2. The molecule has 2 atom stereocenters. The summed E-state index contributed by atoms with van der Waals surface area (Å²) in [6.07, 6.45) is 3.36. The highest BCUT2D eigenvalue weighted by atomic mass is 16.4. The van der Waals surface area contributed by atoms with E-state index in [-0.39, 0.29) is 24.8 Å². The third-order valence-corrected chi connectivity index (χ3v) is 4.31. The Labute approximate surface area is 157 Å². The van der Waals surface area contributed by atoms with E-state index in [0.29, 0.717) is 17.7 Å². The maximum Gasteiger partial charge on any atom is 0.320 e. The van der Waals surface area contributed by atoms with Crippen molar-refractivity contribution in [2.75, 3.05) is 6.54 Å². The standard InChI is InChI=1S/C19H25N3O5/c1-12(2)7-15(19(26)27)21-8-14(18(24)25)16-9-20-11-22(16)10-13-5-3-4-6-17(13)23/h3-6,9,11-12,14-15,21,23H,7-8,10H2,1-2H3,(H,24,25)(H,26,27). The number of aromatic nitrogens is 2. The van der Waals surface area contributed by atoms with Crippen LogP contribution >= 0.6 is 0 Å². The number of rotatable bonds is 10. The minimum atomic E-state index is -1.07. The van der Waals surface area contributed by atoms with E-state index < -0.39 is 23.9 Å². The number of phenolic OH excluding ortho intramolecular Hbond substituents is 1. The molecule has 0 fully saturated rings. The number of aliphatic carboxylic acids is 2. The van der Waals surface area contributed by atoms with E-state index >= 15 is 0 Å². The van der Waals surface area contributed by atoms with Gasteiger partial charge in [0.05, 0.1) is 18.6 Å². The Bertz CT molecular complexity index is 787. The van der Waals surface area contributed by atoms with Crippen molar-refractivity contribution in [3.8, 4) is 5.75 Å². The van der Waals surface area contributed by atoms with Gasteiger partial charge in [-0.1, -0.05) is 32.0 Å². The van der Waals surface area contributed by atoms with Crippen molar-refractivity contribution in [1.29, 1.82) is 0 Å². The molecule has 0 bridgehead atoms. The van der Waals surface area contributed by atoms with Crippen LogP contribution in [0.2, 0.25) is 0 Å². The zero-order valence-corrected chi connectivity index (χ0v) is 15.4. The average Bonchev–Trinajstić information content (AvgIpc) is 3.03. The molecule has 0 aliphatic heterocycles. The first-order valence-electron chi connectivity index (χ1n) is 8.75. The van der Waals surface area contributed by atoms with Crippen LogP contribution in [0.3, 0.4) is 0 Å². The van der Waals surface area contributed by atoms with Crippen molar-refractivity contribution in [3.63, 3.8) is 0 Å². The molecule has 1 heterocycles. The molecule has 4 N–H and O–H groups in total. The highest BCUT2D eigenvalue weighted by molar-refractivity contribution is 5.76. The number of aromatic hydroxyl groups is 1. The number of hydrogen-bond acceptors (Lipinski definition) is 5. The molecule has 8 nitrogen and oxygen atoms in total. The summed E-state index contributed by atoms with van der Waals surface area (Å²) in [4.78, 5) is 27.2. The quantitative estimate of drug-likeness (QED) is 0.500. The van der Waals surface area contributed by atoms with E-state index in [0.717, 1.165) is 0 Å². The lowest BCUT2D eigenvalue weighted by Crippen LogP contribution is -2.41. The Morgan fingerprint density at radius 1 is 1.19 bits per heavy atom. The summed E-state index contributed by atoms with van der Waals surface area (Å²) >= 11 is 0. The van der Waals surface area contributed by atoms with Crippen LogP contribution in [0, 0.1) is 5.92 Å². The van der Waals surface area contributed by atoms with Crippen LogP contribution in [0.25, 0.3) is 0 Å². The summed E-state index contributed by atoms with van der Waals surface area (Å²) in [6.45, 7) is 4.05. The fourth-order valence-electron chi connectivity index (χ4n) is 2.90. The van der Waals surface area contributed by atoms with Crippen LogP contribution in [0.5, 0.6) is 5.75 Å². The predicted octanol–water partition coefficient (Wildman–Crippen LogP) is 1.89. The summed E-state index contributed by atoms with van der Waals surface area (Å²) in [7, 11) is 0. The molecule has 27 heavy (non-hydrogen) atoms. The Balaban J connectivity index is 2.18. The van der Waals surface area contributed by atoms with Gasteiger partial charge in [-0.15, -0.1) is 0 Å². The van der Waals surface area contributed by atoms with Crippen molar-refractivity contribution in [2.24, 2.45) is 5.92 Å². The molecule has 2 aromatic rings. The Kier molecular flexibility index (Phi) is 6.95. The smallest absolute Gasteiger partial charge is 0.320 e. The van der Waals surface area contributed by atoms with Gasteiger partial charge < -0.3 is 25.2 Å². The van der Waals surface area contributed by atoms with E-state index in [4.69, 9.17) is 0 Å². The van der Waals surface area contributed by atoms with Gasteiger partial charge >= 0.3 is 11.9 Å². The number of nitrogens with one attached hydrogen (secondary N) is 1. The molecule has 0 aliphatic carbocycles. The highest BCUT2D eigenvalue weighted by Crippen LogP contribution is 2.21. The van der Waals surface area contributed by atoms with Crippen LogP contribution in [-0.4, -0.2) is 49.4 Å². The monoisotopic (exact) mass is 375 g/mol. The second-order valence-corrected chi connectivity index (χ2v) is 6.89. The maximum absolute atomic E-state index is 11.8. The topological polar surface area (TPSA) is 125 Å². The van der Waals surface area contributed by atoms with Crippen LogP contribution in [0.1, 0.15) is 37.4 Å². The SMILES string of the molecule is CC(C)CC(NCC(C(=O)O)c1cncn1Cc1ccccc1O)C(=O)O. The third kappa shape index (κ3) is 5.55. The fraction of sp³-hybridized carbons (Fsp3) is 0.421. The van der Waals surface area contributed by atoms with E-state index in [1.54, 1.807) is 28.8 Å². The van der Waals surface area contributed by atoms with Crippen LogP contribution < -0.4 is 5.32 Å². The molecular weight excluding hydrogens is 350 g/mol. The molecule has 0 radical (unpaired) electrons. The molecule has 0 aliphatic rings. The molecule has 8 heteroatoms. The second kappa shape index (κ2) is 9.18. The number of imidazole rings is 1.